The van der Waals surface area contributed by atoms with Crippen LogP contribution in [0.3, 0.4) is 0 Å². The summed E-state index contributed by atoms with van der Waals surface area (Å²) in [5, 5.41) is 1.46. The summed E-state index contributed by atoms with van der Waals surface area (Å²) in [5.41, 5.74) is 0.757. The van der Waals surface area contributed by atoms with Gasteiger partial charge in [-0.1, -0.05) is 43.4 Å². The Hall–Kier alpha value is -1.02. The van der Waals surface area contributed by atoms with Crippen LogP contribution in [-0.2, 0) is 0 Å². The molecule has 1 unspecified atom stereocenters. The number of methoxy groups -OCH3 is 1. The van der Waals surface area contributed by atoms with Crippen LogP contribution in [0.2, 0.25) is 18.6 Å². The molecule has 17 heavy (non-hydrogen) atoms. The number of ether oxygens (including phenoxy) is 1. The summed E-state index contributed by atoms with van der Waals surface area (Å²) >= 11 is 0. The molecular formula is C15H22OSi. The smallest absolute Gasteiger partial charge is 0.118 e. The van der Waals surface area contributed by atoms with E-state index in [1.54, 1.807) is 7.11 Å². The van der Waals surface area contributed by atoms with Gasteiger partial charge >= 0.3 is 0 Å². The van der Waals surface area contributed by atoms with Crippen LogP contribution < -0.4 is 9.92 Å². The molecule has 1 nitrogen and oxygen atoms in total. The Morgan fingerprint density at radius 1 is 1.24 bits per heavy atom. The fourth-order valence-corrected chi connectivity index (χ4v) is 6.08. The van der Waals surface area contributed by atoms with Gasteiger partial charge in [0.25, 0.3) is 0 Å². The molecule has 0 aromatic heterocycles. The highest BCUT2D eigenvalue weighted by Gasteiger charge is 2.34. The molecule has 0 N–H and O–H groups in total. The van der Waals surface area contributed by atoms with E-state index in [9.17, 15) is 0 Å². The number of para-hydroxylation sites is 1. The van der Waals surface area contributed by atoms with Crippen LogP contribution in [-0.4, -0.2) is 15.2 Å². The minimum absolute atomic E-state index is 0.757. The zero-order chi connectivity index (χ0) is 12.3. The van der Waals surface area contributed by atoms with Crippen molar-refractivity contribution in [3.63, 3.8) is 0 Å². The first-order valence-corrected chi connectivity index (χ1v) is 9.54. The number of hydrogen-bond donors (Lipinski definition) is 0. The van der Waals surface area contributed by atoms with Crippen molar-refractivity contribution < 1.29 is 4.74 Å². The molecule has 1 aromatic carbocycles. The van der Waals surface area contributed by atoms with E-state index < -0.39 is 8.07 Å². The van der Waals surface area contributed by atoms with Crippen molar-refractivity contribution in [3.05, 3.63) is 36.4 Å². The highest BCUT2D eigenvalue weighted by molar-refractivity contribution is 6.92. The van der Waals surface area contributed by atoms with Gasteiger partial charge in [-0.2, -0.15) is 0 Å². The number of rotatable bonds is 3. The van der Waals surface area contributed by atoms with E-state index in [2.05, 4.69) is 49.5 Å². The van der Waals surface area contributed by atoms with Gasteiger partial charge in [0, 0.05) is 0 Å². The second-order valence-electron chi connectivity index (χ2n) is 5.39. The number of benzene rings is 1. The van der Waals surface area contributed by atoms with Crippen molar-refractivity contribution >= 4 is 13.3 Å². The Bertz CT molecular complexity index is 409. The van der Waals surface area contributed by atoms with E-state index in [0.29, 0.717) is 0 Å². The second kappa shape index (κ2) is 5.09. The van der Waals surface area contributed by atoms with Crippen molar-refractivity contribution in [1.82, 2.24) is 0 Å². The molecule has 0 fully saturated rings. The van der Waals surface area contributed by atoms with Crippen LogP contribution in [0.5, 0.6) is 5.75 Å². The Morgan fingerprint density at radius 2 is 2.00 bits per heavy atom. The maximum atomic E-state index is 5.53. The van der Waals surface area contributed by atoms with Gasteiger partial charge in [-0.25, -0.2) is 0 Å². The van der Waals surface area contributed by atoms with Crippen LogP contribution in [0.25, 0.3) is 0 Å². The monoisotopic (exact) mass is 246 g/mol. The fraction of sp³-hybridized carbons (Fsp3) is 0.467. The quantitative estimate of drug-likeness (QED) is 0.583. The Kier molecular flexibility index (Phi) is 3.72. The van der Waals surface area contributed by atoms with Gasteiger partial charge in [0.05, 0.1) is 15.2 Å². The molecule has 0 amide bonds. The predicted molar refractivity (Wildman–Crippen MR) is 76.9 cm³/mol. The standard InChI is InChI=1S/C15H22OSi/c1-16-14-11-7-8-12-15(14)17(2,3)13-9-5-4-6-10-13/h5,7-9,11-13H,4,6,10H2,1-3H3. The molecular weight excluding hydrogens is 224 g/mol. The van der Waals surface area contributed by atoms with Gasteiger partial charge < -0.3 is 4.74 Å². The molecule has 0 aliphatic heterocycles. The second-order valence-corrected chi connectivity index (χ2v) is 10.1. The summed E-state index contributed by atoms with van der Waals surface area (Å²) < 4.78 is 5.53. The van der Waals surface area contributed by atoms with Crippen LogP contribution in [0.4, 0.5) is 0 Å². The lowest BCUT2D eigenvalue weighted by molar-refractivity contribution is 0.417. The van der Waals surface area contributed by atoms with E-state index >= 15 is 0 Å². The molecule has 2 rings (SSSR count). The minimum Gasteiger partial charge on any atom is -0.497 e. The molecule has 0 radical (unpaired) electrons. The molecule has 92 valence electrons. The van der Waals surface area contributed by atoms with Gasteiger partial charge in [-0.3, -0.25) is 0 Å². The van der Waals surface area contributed by atoms with Crippen molar-refractivity contribution in [2.45, 2.75) is 37.9 Å². The Morgan fingerprint density at radius 3 is 2.65 bits per heavy atom. The van der Waals surface area contributed by atoms with Crippen LogP contribution in [0.15, 0.2) is 36.4 Å². The molecule has 0 saturated carbocycles. The first kappa shape index (κ1) is 12.4. The van der Waals surface area contributed by atoms with Crippen LogP contribution >= 0.6 is 0 Å². The third kappa shape index (κ3) is 2.47. The lowest BCUT2D eigenvalue weighted by atomic mass is 10.1. The average molecular weight is 246 g/mol. The zero-order valence-corrected chi connectivity index (χ0v) is 12.1. The van der Waals surface area contributed by atoms with E-state index in [1.165, 1.54) is 24.4 Å². The molecule has 0 spiro atoms. The van der Waals surface area contributed by atoms with Gasteiger partial charge in [0.1, 0.15) is 5.75 Å². The minimum atomic E-state index is -1.46. The maximum Gasteiger partial charge on any atom is 0.118 e. The summed E-state index contributed by atoms with van der Waals surface area (Å²) in [7, 11) is 0.322. The number of allylic oxidation sites excluding steroid dienone is 2. The molecule has 1 aliphatic carbocycles. The molecule has 2 heteroatoms. The zero-order valence-electron chi connectivity index (χ0n) is 11.1. The summed E-state index contributed by atoms with van der Waals surface area (Å²) in [5.74, 6) is 1.07. The van der Waals surface area contributed by atoms with Crippen molar-refractivity contribution in [3.8, 4) is 5.75 Å². The van der Waals surface area contributed by atoms with Gasteiger partial charge in [0.2, 0.25) is 0 Å². The summed E-state index contributed by atoms with van der Waals surface area (Å²) in [6, 6.07) is 8.55. The molecule has 0 saturated heterocycles. The summed E-state index contributed by atoms with van der Waals surface area (Å²) in [4.78, 5) is 0. The average Bonchev–Trinajstić information content (AvgIpc) is 2.39. The molecule has 0 bridgehead atoms. The van der Waals surface area contributed by atoms with Gasteiger partial charge in [-0.05, 0) is 36.1 Å². The van der Waals surface area contributed by atoms with Crippen molar-refractivity contribution in [1.29, 1.82) is 0 Å². The first-order valence-electron chi connectivity index (χ1n) is 6.46. The van der Waals surface area contributed by atoms with Crippen LogP contribution in [0, 0.1) is 0 Å². The fourth-order valence-electron chi connectivity index (χ4n) is 2.79. The SMILES string of the molecule is COc1ccccc1[Si](C)(C)C1C=CCCC1. The molecule has 0 heterocycles. The topological polar surface area (TPSA) is 9.23 Å². The van der Waals surface area contributed by atoms with Crippen molar-refractivity contribution in [2.75, 3.05) is 7.11 Å². The largest absolute Gasteiger partial charge is 0.497 e. The van der Waals surface area contributed by atoms with Crippen molar-refractivity contribution in [2.24, 2.45) is 0 Å². The first-order chi connectivity index (χ1) is 8.16. The molecule has 1 atom stereocenters. The lowest BCUT2D eigenvalue weighted by Crippen LogP contribution is -2.46. The van der Waals surface area contributed by atoms with Crippen LogP contribution in [0.1, 0.15) is 19.3 Å². The van der Waals surface area contributed by atoms with Gasteiger partial charge in [0.15, 0.2) is 0 Å². The highest BCUT2D eigenvalue weighted by atomic mass is 28.3. The highest BCUT2D eigenvalue weighted by Crippen LogP contribution is 2.33. The molecule has 1 aromatic rings. The third-order valence-corrected chi connectivity index (χ3v) is 8.12. The van der Waals surface area contributed by atoms with E-state index in [-0.39, 0.29) is 0 Å². The Labute approximate surface area is 106 Å². The molecule has 1 aliphatic rings. The van der Waals surface area contributed by atoms with E-state index in [1.807, 2.05) is 0 Å². The summed E-state index contributed by atoms with van der Waals surface area (Å²) in [6.07, 6.45) is 8.74. The summed E-state index contributed by atoms with van der Waals surface area (Å²) in [6.45, 7) is 4.93. The lowest BCUT2D eigenvalue weighted by Gasteiger charge is -2.33. The number of hydrogen-bond acceptors (Lipinski definition) is 1. The maximum absolute atomic E-state index is 5.53. The normalized spacial score (nSPS) is 20.3. The van der Waals surface area contributed by atoms with Gasteiger partial charge in [-0.15, -0.1) is 0 Å². The third-order valence-electron chi connectivity index (χ3n) is 3.98. The Balaban J connectivity index is 2.35. The predicted octanol–water partition coefficient (Wildman–Crippen LogP) is 3.72. The van der Waals surface area contributed by atoms with E-state index in [0.717, 1.165) is 11.3 Å². The van der Waals surface area contributed by atoms with E-state index in [4.69, 9.17) is 4.74 Å².